The van der Waals surface area contributed by atoms with Crippen molar-refractivity contribution in [2.75, 3.05) is 5.94 Å². The maximum absolute atomic E-state index is 4.88. The molecule has 0 aromatic carbocycles. The third-order valence-corrected chi connectivity index (χ3v) is 1.12. The zero-order valence-electron chi connectivity index (χ0n) is 3.76. The van der Waals surface area contributed by atoms with E-state index in [0.29, 0.717) is 5.94 Å². The maximum Gasteiger partial charge on any atom is 0.137 e. The van der Waals surface area contributed by atoms with Crippen LogP contribution in [0, 0.1) is 6.08 Å². The molecule has 0 aromatic heterocycles. The summed E-state index contributed by atoms with van der Waals surface area (Å²) in [5.74, 6) is 0.712. The number of rotatable bonds is 0. The Labute approximate surface area is 47.1 Å². The zero-order chi connectivity index (χ0) is 4.95. The van der Waals surface area contributed by atoms with Gasteiger partial charge in [-0.1, -0.05) is 11.8 Å². The van der Waals surface area contributed by atoms with Crippen molar-refractivity contribution in [3.63, 3.8) is 0 Å². The van der Waals surface area contributed by atoms with Crippen molar-refractivity contribution in [2.24, 2.45) is 0 Å². The molecule has 7 heavy (non-hydrogen) atoms. The van der Waals surface area contributed by atoms with Crippen molar-refractivity contribution in [2.45, 2.75) is 0 Å². The Morgan fingerprint density at radius 2 is 2.71 bits per heavy atom. The lowest BCUT2D eigenvalue weighted by atomic mass is 10.6. The predicted octanol–water partition coefficient (Wildman–Crippen LogP) is 1.54. The van der Waals surface area contributed by atoms with Gasteiger partial charge in [-0.25, -0.2) is 0 Å². The van der Waals surface area contributed by atoms with Gasteiger partial charge in [0.1, 0.15) is 5.94 Å². The standard InChI is InChI=1S/C5H5OS/c1-2-4-7-5-6-3-1/h1,3-4H,5H2. The molecule has 37 valence electrons. The summed E-state index contributed by atoms with van der Waals surface area (Å²) in [5.41, 5.74) is 0. The van der Waals surface area contributed by atoms with E-state index in [1.165, 1.54) is 0 Å². The second-order valence-corrected chi connectivity index (χ2v) is 1.84. The van der Waals surface area contributed by atoms with Gasteiger partial charge < -0.3 is 4.74 Å². The molecule has 0 saturated carbocycles. The largest absolute Gasteiger partial charge is 0.490 e. The van der Waals surface area contributed by atoms with Gasteiger partial charge in [-0.15, -0.1) is 0 Å². The van der Waals surface area contributed by atoms with Crippen LogP contribution < -0.4 is 0 Å². The van der Waals surface area contributed by atoms with E-state index in [9.17, 15) is 0 Å². The minimum absolute atomic E-state index is 0.712. The molecule has 1 aliphatic heterocycles. The first-order valence-corrected chi connectivity index (χ1v) is 3.01. The fourth-order valence-corrected chi connectivity index (χ4v) is 0.687. The van der Waals surface area contributed by atoms with E-state index >= 15 is 0 Å². The van der Waals surface area contributed by atoms with Crippen molar-refractivity contribution in [1.82, 2.24) is 0 Å². The van der Waals surface area contributed by atoms with Crippen LogP contribution in [0.2, 0.25) is 0 Å². The fourth-order valence-electron chi connectivity index (χ4n) is 0.287. The number of allylic oxidation sites excluding steroid dienone is 2. The average Bonchev–Trinajstić information content (AvgIpc) is 1.90. The Morgan fingerprint density at radius 3 is 3.71 bits per heavy atom. The third kappa shape index (κ3) is 1.69. The monoisotopic (exact) mass is 113 g/mol. The van der Waals surface area contributed by atoms with Crippen LogP contribution in [0.3, 0.4) is 0 Å². The Kier molecular flexibility index (Phi) is 1.88. The Hall–Kier alpha value is -0.370. The van der Waals surface area contributed by atoms with Crippen LogP contribution in [0.4, 0.5) is 0 Å². The van der Waals surface area contributed by atoms with Gasteiger partial charge in [-0.2, -0.15) is 0 Å². The third-order valence-electron chi connectivity index (χ3n) is 0.548. The molecule has 0 aromatic rings. The molecule has 0 bridgehead atoms. The minimum Gasteiger partial charge on any atom is -0.490 e. The fraction of sp³-hybridized carbons (Fsp3) is 0.200. The molecule has 1 nitrogen and oxygen atoms in total. The lowest BCUT2D eigenvalue weighted by molar-refractivity contribution is 0.318. The first kappa shape index (κ1) is 4.78. The molecule has 0 amide bonds. The van der Waals surface area contributed by atoms with E-state index in [1.807, 2.05) is 5.41 Å². The normalized spacial score (nSPS) is 18.3. The number of hydrogen-bond acceptors (Lipinski definition) is 2. The average molecular weight is 113 g/mol. The van der Waals surface area contributed by atoms with Gasteiger partial charge in [-0.3, -0.25) is 0 Å². The summed E-state index contributed by atoms with van der Waals surface area (Å²) in [6, 6.07) is 0. The Bertz CT molecular complexity index is 84.3. The second-order valence-electron chi connectivity index (χ2n) is 1.04. The van der Waals surface area contributed by atoms with Gasteiger partial charge in [0.2, 0.25) is 0 Å². The number of thioether (sulfide) groups is 1. The van der Waals surface area contributed by atoms with E-state index in [1.54, 1.807) is 24.1 Å². The van der Waals surface area contributed by atoms with Crippen molar-refractivity contribution in [3.05, 3.63) is 23.8 Å². The van der Waals surface area contributed by atoms with Gasteiger partial charge in [0.15, 0.2) is 0 Å². The first-order chi connectivity index (χ1) is 3.50. The lowest BCUT2D eigenvalue weighted by Crippen LogP contribution is -1.72. The molecule has 0 atom stereocenters. The quantitative estimate of drug-likeness (QED) is 0.471. The van der Waals surface area contributed by atoms with Crippen molar-refractivity contribution < 1.29 is 4.74 Å². The van der Waals surface area contributed by atoms with Crippen LogP contribution in [-0.2, 0) is 4.74 Å². The van der Waals surface area contributed by atoms with Crippen molar-refractivity contribution >= 4 is 11.8 Å². The lowest BCUT2D eigenvalue weighted by Gasteiger charge is -1.89. The van der Waals surface area contributed by atoms with Gasteiger partial charge in [0.05, 0.1) is 6.26 Å². The molecule has 1 radical (unpaired) electrons. The smallest absolute Gasteiger partial charge is 0.137 e. The summed E-state index contributed by atoms with van der Waals surface area (Å²) in [4.78, 5) is 0. The van der Waals surface area contributed by atoms with Gasteiger partial charge >= 0.3 is 0 Å². The molecule has 1 rings (SSSR count). The second kappa shape index (κ2) is 2.75. The highest BCUT2D eigenvalue weighted by Crippen LogP contribution is 2.04. The number of hydrogen-bond donors (Lipinski definition) is 0. The molecule has 2 heteroatoms. The van der Waals surface area contributed by atoms with E-state index in [-0.39, 0.29) is 0 Å². The molecular weight excluding hydrogens is 108 g/mol. The van der Waals surface area contributed by atoms with Crippen molar-refractivity contribution in [3.8, 4) is 0 Å². The summed E-state index contributed by atoms with van der Waals surface area (Å²) >= 11 is 1.59. The van der Waals surface area contributed by atoms with Crippen LogP contribution in [0.15, 0.2) is 17.7 Å². The van der Waals surface area contributed by atoms with Crippen LogP contribution in [-0.4, -0.2) is 5.94 Å². The topological polar surface area (TPSA) is 9.23 Å². The van der Waals surface area contributed by atoms with Gasteiger partial charge in [-0.05, 0) is 17.6 Å². The summed E-state index contributed by atoms with van der Waals surface area (Å²) in [6.45, 7) is 0. The van der Waals surface area contributed by atoms with Crippen LogP contribution in [0.5, 0.6) is 0 Å². The minimum atomic E-state index is 0.712. The summed E-state index contributed by atoms with van der Waals surface area (Å²) in [7, 11) is 0. The first-order valence-electron chi connectivity index (χ1n) is 1.96. The highest BCUT2D eigenvalue weighted by molar-refractivity contribution is 8.01. The molecular formula is C5H5OS. The van der Waals surface area contributed by atoms with Gasteiger partial charge in [0, 0.05) is 0 Å². The van der Waals surface area contributed by atoms with Crippen LogP contribution >= 0.6 is 11.8 Å². The number of ether oxygens (including phenoxy) is 1. The van der Waals surface area contributed by atoms with E-state index in [0.717, 1.165) is 0 Å². The summed E-state index contributed by atoms with van der Waals surface area (Å²) in [6.07, 6.45) is 6.27. The highest BCUT2D eigenvalue weighted by atomic mass is 32.2. The maximum atomic E-state index is 4.88. The van der Waals surface area contributed by atoms with Crippen LogP contribution in [0.1, 0.15) is 0 Å². The highest BCUT2D eigenvalue weighted by Gasteiger charge is 1.80. The van der Waals surface area contributed by atoms with Crippen LogP contribution in [0.25, 0.3) is 0 Å². The zero-order valence-corrected chi connectivity index (χ0v) is 4.57. The van der Waals surface area contributed by atoms with Gasteiger partial charge in [0.25, 0.3) is 0 Å². The summed E-state index contributed by atoms with van der Waals surface area (Å²) in [5, 5.41) is 1.88. The molecule has 0 fully saturated rings. The van der Waals surface area contributed by atoms with E-state index in [4.69, 9.17) is 4.74 Å². The summed E-state index contributed by atoms with van der Waals surface area (Å²) < 4.78 is 4.88. The molecule has 1 heterocycles. The molecule has 1 aliphatic rings. The van der Waals surface area contributed by atoms with Crippen molar-refractivity contribution in [1.29, 1.82) is 0 Å². The SMILES string of the molecule is [C]1=CSCOC=C1. The molecule has 0 aliphatic carbocycles. The molecule has 0 spiro atoms. The molecule has 0 unspecified atom stereocenters. The Balaban J connectivity index is 2.39. The molecule has 0 saturated heterocycles. The Morgan fingerprint density at radius 1 is 1.71 bits per heavy atom. The predicted molar refractivity (Wildman–Crippen MR) is 30.5 cm³/mol. The van der Waals surface area contributed by atoms with E-state index < -0.39 is 0 Å². The van der Waals surface area contributed by atoms with E-state index in [2.05, 4.69) is 6.08 Å². The molecule has 0 N–H and O–H groups in total.